The molecule has 0 bridgehead atoms. The Hall–Kier alpha value is -1.17. The molecular weight excluding hydrogens is 216 g/mol. The van der Waals surface area contributed by atoms with E-state index >= 15 is 0 Å². The molecule has 84 valence electrons. The molecule has 0 saturated carbocycles. The lowest BCUT2D eigenvalue weighted by Crippen LogP contribution is -2.36. The summed E-state index contributed by atoms with van der Waals surface area (Å²) in [6.45, 7) is 2.02. The molecule has 6 heteroatoms. The van der Waals surface area contributed by atoms with Gasteiger partial charge in [-0.1, -0.05) is 5.16 Å². The number of hydrogen-bond acceptors (Lipinski definition) is 5. The van der Waals surface area contributed by atoms with Gasteiger partial charge in [0.2, 0.25) is 0 Å². The van der Waals surface area contributed by atoms with Crippen molar-refractivity contribution in [3.05, 3.63) is 18.0 Å². The van der Waals surface area contributed by atoms with Gasteiger partial charge in [-0.05, 0) is 6.92 Å². The number of nitrogens with zero attached hydrogens (tertiary/aromatic N) is 2. The smallest absolute Gasteiger partial charge is 0.410 e. The Labute approximate surface area is 93.8 Å². The molecule has 0 N–H and O–H groups in total. The van der Waals surface area contributed by atoms with Gasteiger partial charge in [0.15, 0.2) is 0 Å². The SMILES string of the molecule is CC(CS)N(C)C(=O)OCc1ccon1. The van der Waals surface area contributed by atoms with Crippen molar-refractivity contribution < 1.29 is 14.1 Å². The topological polar surface area (TPSA) is 55.6 Å². The third-order valence-electron chi connectivity index (χ3n) is 2.05. The highest BCUT2D eigenvalue weighted by Gasteiger charge is 2.15. The minimum Gasteiger partial charge on any atom is -0.443 e. The molecule has 15 heavy (non-hydrogen) atoms. The van der Waals surface area contributed by atoms with Gasteiger partial charge < -0.3 is 14.2 Å². The van der Waals surface area contributed by atoms with E-state index in [2.05, 4.69) is 22.3 Å². The Kier molecular flexibility index (Phi) is 4.48. The van der Waals surface area contributed by atoms with Crippen molar-refractivity contribution in [3.63, 3.8) is 0 Å². The molecule has 0 fully saturated rings. The van der Waals surface area contributed by atoms with Crippen molar-refractivity contribution in [2.75, 3.05) is 12.8 Å². The second-order valence-corrected chi connectivity index (χ2v) is 3.55. The summed E-state index contributed by atoms with van der Waals surface area (Å²) >= 11 is 4.10. The van der Waals surface area contributed by atoms with Crippen LogP contribution in [-0.4, -0.2) is 35.0 Å². The zero-order valence-electron chi connectivity index (χ0n) is 8.71. The van der Waals surface area contributed by atoms with Crippen LogP contribution in [0.1, 0.15) is 12.6 Å². The summed E-state index contributed by atoms with van der Waals surface area (Å²) in [7, 11) is 1.67. The van der Waals surface area contributed by atoms with Gasteiger partial charge in [-0.15, -0.1) is 0 Å². The lowest BCUT2D eigenvalue weighted by molar-refractivity contribution is 0.0945. The Morgan fingerprint density at radius 2 is 2.53 bits per heavy atom. The van der Waals surface area contributed by atoms with Crippen molar-refractivity contribution >= 4 is 18.7 Å². The van der Waals surface area contributed by atoms with Crippen LogP contribution >= 0.6 is 12.6 Å². The molecule has 1 atom stereocenters. The Morgan fingerprint density at radius 1 is 1.80 bits per heavy atom. The van der Waals surface area contributed by atoms with Gasteiger partial charge in [-0.2, -0.15) is 12.6 Å². The van der Waals surface area contributed by atoms with Crippen LogP contribution in [0.5, 0.6) is 0 Å². The maximum Gasteiger partial charge on any atom is 0.410 e. The van der Waals surface area contributed by atoms with Crippen LogP contribution in [0.4, 0.5) is 4.79 Å². The van der Waals surface area contributed by atoms with E-state index in [0.29, 0.717) is 11.4 Å². The highest BCUT2D eigenvalue weighted by molar-refractivity contribution is 7.80. The maximum absolute atomic E-state index is 11.4. The largest absolute Gasteiger partial charge is 0.443 e. The fraction of sp³-hybridized carbons (Fsp3) is 0.556. The second kappa shape index (κ2) is 5.65. The molecule has 0 saturated heterocycles. The first-order chi connectivity index (χ1) is 7.15. The first-order valence-corrected chi connectivity index (χ1v) is 5.18. The van der Waals surface area contributed by atoms with E-state index in [9.17, 15) is 4.79 Å². The minimum atomic E-state index is -0.389. The van der Waals surface area contributed by atoms with Crippen LogP contribution in [0.3, 0.4) is 0 Å². The Balaban J connectivity index is 2.36. The molecule has 0 radical (unpaired) electrons. The van der Waals surface area contributed by atoms with Crippen molar-refractivity contribution in [2.45, 2.75) is 19.6 Å². The lowest BCUT2D eigenvalue weighted by Gasteiger charge is -2.22. The second-order valence-electron chi connectivity index (χ2n) is 3.19. The predicted octanol–water partition coefficient (Wildman–Crippen LogP) is 1.56. The molecule has 0 spiro atoms. The normalized spacial score (nSPS) is 12.2. The van der Waals surface area contributed by atoms with E-state index in [1.807, 2.05) is 6.92 Å². The Morgan fingerprint density at radius 3 is 3.07 bits per heavy atom. The summed E-state index contributed by atoms with van der Waals surface area (Å²) in [5, 5.41) is 3.63. The zero-order chi connectivity index (χ0) is 11.3. The molecule has 1 aromatic rings. The van der Waals surface area contributed by atoms with Gasteiger partial charge in [0.25, 0.3) is 0 Å². The van der Waals surface area contributed by atoms with E-state index in [0.717, 1.165) is 0 Å². The van der Waals surface area contributed by atoms with E-state index < -0.39 is 0 Å². The Bertz CT molecular complexity index is 302. The number of hydrogen-bond donors (Lipinski definition) is 1. The molecule has 1 aromatic heterocycles. The third-order valence-corrected chi connectivity index (χ3v) is 2.58. The number of aromatic nitrogens is 1. The number of amides is 1. The predicted molar refractivity (Wildman–Crippen MR) is 57.8 cm³/mol. The first-order valence-electron chi connectivity index (χ1n) is 4.55. The molecule has 1 unspecified atom stereocenters. The summed E-state index contributed by atoms with van der Waals surface area (Å²) in [5.74, 6) is 0.593. The summed E-state index contributed by atoms with van der Waals surface area (Å²) in [5.41, 5.74) is 0.593. The maximum atomic E-state index is 11.4. The van der Waals surface area contributed by atoms with E-state index in [1.54, 1.807) is 13.1 Å². The van der Waals surface area contributed by atoms with Crippen LogP contribution in [0.2, 0.25) is 0 Å². The van der Waals surface area contributed by atoms with Crippen LogP contribution in [-0.2, 0) is 11.3 Å². The number of carbonyl (C=O) groups is 1. The molecule has 0 aliphatic rings. The van der Waals surface area contributed by atoms with Crippen molar-refractivity contribution in [2.24, 2.45) is 0 Å². The fourth-order valence-corrected chi connectivity index (χ4v) is 1.10. The van der Waals surface area contributed by atoms with Crippen LogP contribution < -0.4 is 0 Å². The zero-order valence-corrected chi connectivity index (χ0v) is 9.61. The summed E-state index contributed by atoms with van der Waals surface area (Å²) < 4.78 is 9.61. The van der Waals surface area contributed by atoms with Gasteiger partial charge in [-0.25, -0.2) is 4.79 Å². The van der Waals surface area contributed by atoms with Crippen molar-refractivity contribution in [1.29, 1.82) is 0 Å². The summed E-state index contributed by atoms with van der Waals surface area (Å²) in [6, 6.07) is 1.69. The van der Waals surface area contributed by atoms with E-state index in [1.165, 1.54) is 11.2 Å². The number of ether oxygens (including phenoxy) is 1. The standard InChI is InChI=1S/C9H14N2O3S/c1-7(6-15)11(2)9(12)13-5-8-3-4-14-10-8/h3-4,7,15H,5-6H2,1-2H3. The van der Waals surface area contributed by atoms with Crippen LogP contribution in [0, 0.1) is 0 Å². The molecule has 1 rings (SSSR count). The van der Waals surface area contributed by atoms with Gasteiger partial charge in [0, 0.05) is 24.9 Å². The fourth-order valence-electron chi connectivity index (χ4n) is 0.852. The molecule has 1 amide bonds. The number of thiol groups is 1. The van der Waals surface area contributed by atoms with Gasteiger partial charge in [0.05, 0.1) is 0 Å². The number of rotatable bonds is 4. The first kappa shape index (κ1) is 11.9. The van der Waals surface area contributed by atoms with Crippen molar-refractivity contribution in [1.82, 2.24) is 10.1 Å². The van der Waals surface area contributed by atoms with Gasteiger partial charge >= 0.3 is 6.09 Å². The third kappa shape index (κ3) is 3.47. The van der Waals surface area contributed by atoms with Crippen molar-refractivity contribution in [3.8, 4) is 0 Å². The highest BCUT2D eigenvalue weighted by Crippen LogP contribution is 2.03. The molecule has 0 aliphatic carbocycles. The molecular formula is C9H14N2O3S. The number of carbonyl (C=O) groups excluding carboxylic acids is 1. The summed E-state index contributed by atoms with van der Waals surface area (Å²) in [6.07, 6.45) is 1.04. The monoisotopic (exact) mass is 230 g/mol. The van der Waals surface area contributed by atoms with Crippen LogP contribution in [0.25, 0.3) is 0 Å². The molecule has 5 nitrogen and oxygen atoms in total. The molecule has 0 aliphatic heterocycles. The van der Waals surface area contributed by atoms with Gasteiger partial charge in [0.1, 0.15) is 18.6 Å². The van der Waals surface area contributed by atoms with E-state index in [4.69, 9.17) is 4.74 Å². The quantitative estimate of drug-likeness (QED) is 0.797. The van der Waals surface area contributed by atoms with Crippen LogP contribution in [0.15, 0.2) is 16.9 Å². The average molecular weight is 230 g/mol. The lowest BCUT2D eigenvalue weighted by atomic mass is 10.4. The molecule has 0 aromatic carbocycles. The highest BCUT2D eigenvalue weighted by atomic mass is 32.1. The average Bonchev–Trinajstić information content (AvgIpc) is 2.76. The minimum absolute atomic E-state index is 0.0399. The molecule has 1 heterocycles. The summed E-state index contributed by atoms with van der Waals surface area (Å²) in [4.78, 5) is 12.9. The van der Waals surface area contributed by atoms with E-state index in [-0.39, 0.29) is 18.7 Å². The van der Waals surface area contributed by atoms with Gasteiger partial charge in [-0.3, -0.25) is 0 Å².